The highest BCUT2D eigenvalue weighted by Crippen LogP contribution is 2.68. The Morgan fingerprint density at radius 2 is 0.544 bits per heavy atom. The smallest absolute Gasteiger partial charge is 0.186 e. The van der Waals surface area contributed by atoms with Crippen molar-refractivity contribution in [3.8, 4) is 46.0 Å². The van der Waals surface area contributed by atoms with Crippen LogP contribution < -0.4 is 50.8 Å². The quantitative estimate of drug-likeness (QED) is 0.141. The molecule has 0 saturated carbocycles. The van der Waals surface area contributed by atoms with E-state index in [0.717, 1.165) is 22.3 Å². The van der Waals surface area contributed by atoms with Gasteiger partial charge in [-0.15, -0.1) is 0 Å². The summed E-state index contributed by atoms with van der Waals surface area (Å²) < 4.78 is 60.9. The Morgan fingerprint density at radius 3 is 0.721 bits per heavy atom. The topological polar surface area (TPSA) is 71.1 Å². The minimum atomic E-state index is -3.74. The summed E-state index contributed by atoms with van der Waals surface area (Å²) in [5.41, 5.74) is 5.92. The molecule has 6 nitrogen and oxygen atoms in total. The fourth-order valence-corrected chi connectivity index (χ4v) is 15.3. The van der Waals surface area contributed by atoms with E-state index in [0.29, 0.717) is 54.8 Å². The van der Waals surface area contributed by atoms with Crippen molar-refractivity contribution in [1.82, 2.24) is 0 Å². The van der Waals surface area contributed by atoms with Crippen LogP contribution in [0.2, 0.25) is 0 Å². The molecule has 7 aromatic rings. The predicted octanol–water partition coefficient (Wildman–Crippen LogP) is 14.6. The molecule has 0 aliphatic carbocycles. The van der Waals surface area contributed by atoms with Gasteiger partial charge in [-0.3, -0.25) is 0 Å². The Bertz CT molecular complexity index is 2850. The first-order valence-corrected chi connectivity index (χ1v) is 27.0. The second kappa shape index (κ2) is 16.4. The Kier molecular flexibility index (Phi) is 11.4. The molecule has 4 aliphatic rings. The van der Waals surface area contributed by atoms with Crippen LogP contribution in [-0.2, 0) is 30.8 Å². The lowest BCUT2D eigenvalue weighted by atomic mass is 9.87. The molecular weight excluding hydrogens is 879 g/mol. The number of ether oxygens (including phenoxy) is 4. The maximum Gasteiger partial charge on any atom is 0.186 e. The summed E-state index contributed by atoms with van der Waals surface area (Å²) in [7, 11) is -7.48. The predicted molar refractivity (Wildman–Crippen MR) is 283 cm³/mol. The van der Waals surface area contributed by atoms with Crippen LogP contribution in [0.4, 0.5) is 0 Å². The Labute approximate surface area is 403 Å². The molecule has 0 N–H and O–H groups in total. The maximum absolute atomic E-state index is 16.7. The fraction of sp³-hybridized carbons (Fsp3) is 0.300. The molecule has 0 radical (unpaired) electrons. The molecule has 0 atom stereocenters. The van der Waals surface area contributed by atoms with Gasteiger partial charge in [-0.1, -0.05) is 179 Å². The number of benzene rings is 7. The van der Waals surface area contributed by atoms with Crippen molar-refractivity contribution in [1.29, 1.82) is 0 Å². The Morgan fingerprint density at radius 1 is 0.324 bits per heavy atom. The molecule has 4 heterocycles. The monoisotopic (exact) mass is 942 g/mol. The Hall–Kier alpha value is -5.80. The zero-order valence-corrected chi connectivity index (χ0v) is 43.8. The van der Waals surface area contributed by atoms with Crippen LogP contribution in [-0.4, -0.2) is 0 Å². The SMILES string of the molecule is CC(C)(C)c1ccc2c(c1)P1(=O)c3cc(C(C)(C)C)ccc3Oc3c4c5c(c(c31)O2)Oc1ccc(C(C)(C)C)cc1P5(=O)c1cc(C(C)(C)C)ccc1O4.Cc1ccccc1.Cc1ccccc1. The van der Waals surface area contributed by atoms with Gasteiger partial charge in [0.15, 0.2) is 37.3 Å². The van der Waals surface area contributed by atoms with Gasteiger partial charge in [0.1, 0.15) is 33.6 Å². The van der Waals surface area contributed by atoms with Gasteiger partial charge in [-0.2, -0.15) is 0 Å². The summed E-state index contributed by atoms with van der Waals surface area (Å²) in [6.45, 7) is 29.9. The van der Waals surface area contributed by atoms with Gasteiger partial charge >= 0.3 is 0 Å². The summed E-state index contributed by atoms with van der Waals surface area (Å²) in [4.78, 5) is 0. The summed E-state index contributed by atoms with van der Waals surface area (Å²) in [5, 5.41) is 3.17. The second-order valence-corrected chi connectivity index (χ2v) is 27.9. The van der Waals surface area contributed by atoms with Crippen LogP contribution in [0.5, 0.6) is 46.0 Å². The van der Waals surface area contributed by atoms with E-state index in [2.05, 4.69) is 121 Å². The van der Waals surface area contributed by atoms with E-state index in [1.165, 1.54) is 11.1 Å². The number of hydrogen-bond acceptors (Lipinski definition) is 6. The maximum atomic E-state index is 16.7. The lowest BCUT2D eigenvalue weighted by Crippen LogP contribution is -2.41. The van der Waals surface area contributed by atoms with Gasteiger partial charge in [0, 0.05) is 0 Å². The van der Waals surface area contributed by atoms with Crippen molar-refractivity contribution in [2.45, 2.75) is 119 Å². The minimum absolute atomic E-state index is 0.217. The van der Waals surface area contributed by atoms with E-state index >= 15 is 9.13 Å². The molecule has 0 bridgehead atoms. The molecular formula is C60H64O6P2. The first-order chi connectivity index (χ1) is 31.8. The molecule has 0 fully saturated rings. The van der Waals surface area contributed by atoms with Crippen molar-refractivity contribution >= 4 is 46.1 Å². The molecule has 11 rings (SSSR count). The van der Waals surface area contributed by atoms with Crippen LogP contribution in [0.15, 0.2) is 133 Å². The minimum Gasteiger partial charge on any atom is -0.452 e. The molecule has 8 heteroatoms. The number of fused-ring (bicyclic) bond motifs is 10. The molecule has 4 aliphatic heterocycles. The van der Waals surface area contributed by atoms with E-state index < -0.39 is 14.3 Å². The van der Waals surface area contributed by atoms with E-state index in [9.17, 15) is 0 Å². The zero-order chi connectivity index (χ0) is 48.9. The van der Waals surface area contributed by atoms with Crippen LogP contribution in [0, 0.1) is 13.8 Å². The normalized spacial score (nSPS) is 15.1. The zero-order valence-electron chi connectivity index (χ0n) is 42.0. The third-order valence-electron chi connectivity index (χ3n) is 13.3. The van der Waals surface area contributed by atoms with Gasteiger partial charge in [0.25, 0.3) is 0 Å². The lowest BCUT2D eigenvalue weighted by molar-refractivity contribution is 0.394. The van der Waals surface area contributed by atoms with Crippen molar-refractivity contribution < 1.29 is 28.1 Å². The van der Waals surface area contributed by atoms with E-state index in [-0.39, 0.29) is 44.7 Å². The average Bonchev–Trinajstić information content (AvgIpc) is 3.27. The van der Waals surface area contributed by atoms with Gasteiger partial charge in [0.05, 0.1) is 21.2 Å². The molecule has 0 aromatic heterocycles. The summed E-state index contributed by atoms with van der Waals surface area (Å²) in [5.74, 6) is 2.98. The van der Waals surface area contributed by atoms with Crippen molar-refractivity contribution in [2.75, 3.05) is 0 Å². The first kappa shape index (κ1) is 47.3. The molecule has 0 spiro atoms. The third kappa shape index (κ3) is 8.02. The number of rotatable bonds is 0. The standard InChI is InChI=1S/C46H48O6P2.2C7H8/c1-43(2,3)25-13-17-29-33(21-25)53(47)34-22-26(44(4,5)6)14-18-30(34)50-38-40-42-39(37(49-29)41(38)53)51-31-19-15-27(45(7,8)9)23-35(31)54(42,48)36-24-28(46(10,11)12)16-20-32(36)52-40;2*1-7-5-3-2-4-6-7/h13-24H,1-12H3;2*2-6H,1H3. The van der Waals surface area contributed by atoms with Gasteiger partial charge in [-0.05, 0) is 106 Å². The highest BCUT2D eigenvalue weighted by atomic mass is 31.2. The van der Waals surface area contributed by atoms with Crippen LogP contribution in [0.1, 0.15) is 116 Å². The van der Waals surface area contributed by atoms with E-state index in [1.54, 1.807) is 0 Å². The summed E-state index contributed by atoms with van der Waals surface area (Å²) >= 11 is 0. The lowest BCUT2D eigenvalue weighted by Gasteiger charge is -2.42. The average molecular weight is 943 g/mol. The van der Waals surface area contributed by atoms with Crippen molar-refractivity contribution in [3.63, 3.8) is 0 Å². The van der Waals surface area contributed by atoms with Crippen LogP contribution >= 0.6 is 14.3 Å². The molecule has 7 aromatic carbocycles. The number of hydrogen-bond donors (Lipinski definition) is 0. The molecule has 68 heavy (non-hydrogen) atoms. The first-order valence-electron chi connectivity index (χ1n) is 23.6. The summed E-state index contributed by atoms with van der Waals surface area (Å²) in [6.07, 6.45) is 0. The van der Waals surface area contributed by atoms with Crippen molar-refractivity contribution in [2.24, 2.45) is 0 Å². The molecule has 0 amide bonds. The molecule has 0 saturated heterocycles. The van der Waals surface area contributed by atoms with E-state index in [1.807, 2.05) is 109 Å². The highest BCUT2D eigenvalue weighted by molar-refractivity contribution is 7.87. The summed E-state index contributed by atoms with van der Waals surface area (Å²) in [6, 6.07) is 44.5. The Balaban J connectivity index is 0.000000354. The highest BCUT2D eigenvalue weighted by Gasteiger charge is 2.56. The van der Waals surface area contributed by atoms with Gasteiger partial charge in [-0.25, -0.2) is 0 Å². The molecule has 350 valence electrons. The van der Waals surface area contributed by atoms with Crippen molar-refractivity contribution in [3.05, 3.63) is 167 Å². The van der Waals surface area contributed by atoms with Crippen LogP contribution in [0.3, 0.4) is 0 Å². The third-order valence-corrected chi connectivity index (χ3v) is 19.5. The van der Waals surface area contributed by atoms with E-state index in [4.69, 9.17) is 18.9 Å². The fourth-order valence-electron chi connectivity index (χ4n) is 9.10. The van der Waals surface area contributed by atoms with Gasteiger partial charge in [0.2, 0.25) is 0 Å². The number of aryl methyl sites for hydroxylation is 2. The molecule has 0 unspecified atom stereocenters. The second-order valence-electron chi connectivity index (χ2n) is 22.7. The van der Waals surface area contributed by atoms with Gasteiger partial charge < -0.3 is 28.1 Å². The largest absolute Gasteiger partial charge is 0.452 e. The van der Waals surface area contributed by atoms with Crippen LogP contribution in [0.25, 0.3) is 0 Å².